The Hall–Kier alpha value is -2.10. The van der Waals surface area contributed by atoms with E-state index < -0.39 is 0 Å². The van der Waals surface area contributed by atoms with E-state index in [4.69, 9.17) is 4.42 Å². The van der Waals surface area contributed by atoms with Crippen LogP contribution in [0.4, 0.5) is 5.69 Å². The highest BCUT2D eigenvalue weighted by molar-refractivity contribution is 5.88. The SMILES string of the molecule is O=C(CNc1ccc2occc(=O)c2c1)C1CC1. The monoisotopic (exact) mass is 243 g/mol. The number of anilines is 1. The Bertz CT molecular complexity index is 655. The van der Waals surface area contributed by atoms with Crippen molar-refractivity contribution in [2.75, 3.05) is 11.9 Å². The fraction of sp³-hybridized carbons (Fsp3) is 0.286. The molecule has 18 heavy (non-hydrogen) atoms. The van der Waals surface area contributed by atoms with Crippen molar-refractivity contribution in [2.24, 2.45) is 5.92 Å². The number of ketones is 1. The van der Waals surface area contributed by atoms with Crippen molar-refractivity contribution >= 4 is 22.4 Å². The molecule has 3 rings (SSSR count). The molecule has 0 aliphatic heterocycles. The summed E-state index contributed by atoms with van der Waals surface area (Å²) in [7, 11) is 0. The summed E-state index contributed by atoms with van der Waals surface area (Å²) in [4.78, 5) is 23.2. The minimum absolute atomic E-state index is 0.0755. The van der Waals surface area contributed by atoms with Crippen molar-refractivity contribution in [3.63, 3.8) is 0 Å². The number of rotatable bonds is 4. The fourth-order valence-corrected chi connectivity index (χ4v) is 1.93. The lowest BCUT2D eigenvalue weighted by Crippen LogP contribution is -2.15. The van der Waals surface area contributed by atoms with E-state index >= 15 is 0 Å². The highest BCUT2D eigenvalue weighted by Crippen LogP contribution is 2.29. The van der Waals surface area contributed by atoms with Crippen LogP contribution < -0.4 is 10.7 Å². The van der Waals surface area contributed by atoms with Gasteiger partial charge in [-0.1, -0.05) is 0 Å². The van der Waals surface area contributed by atoms with Crippen LogP contribution in [0.1, 0.15) is 12.8 Å². The van der Waals surface area contributed by atoms with Crippen molar-refractivity contribution in [1.82, 2.24) is 0 Å². The molecule has 4 heteroatoms. The van der Waals surface area contributed by atoms with Crippen LogP contribution in [-0.2, 0) is 4.79 Å². The van der Waals surface area contributed by atoms with Gasteiger partial charge in [-0.15, -0.1) is 0 Å². The van der Waals surface area contributed by atoms with Gasteiger partial charge in [-0.25, -0.2) is 0 Å². The molecule has 0 amide bonds. The van der Waals surface area contributed by atoms with Crippen molar-refractivity contribution in [1.29, 1.82) is 0 Å². The maximum atomic E-state index is 11.6. The molecule has 0 spiro atoms. The van der Waals surface area contributed by atoms with Crippen LogP contribution >= 0.6 is 0 Å². The third-order valence-electron chi connectivity index (χ3n) is 3.16. The number of benzene rings is 1. The second kappa shape index (κ2) is 4.29. The third kappa shape index (κ3) is 2.14. The number of fused-ring (bicyclic) bond motifs is 1. The van der Waals surface area contributed by atoms with Gasteiger partial charge < -0.3 is 9.73 Å². The van der Waals surface area contributed by atoms with Crippen LogP contribution in [0.2, 0.25) is 0 Å². The summed E-state index contributed by atoms with van der Waals surface area (Å²) in [6.45, 7) is 0.328. The summed E-state index contributed by atoms with van der Waals surface area (Å²) in [5, 5.41) is 3.58. The Morgan fingerprint density at radius 3 is 2.94 bits per heavy atom. The summed E-state index contributed by atoms with van der Waals surface area (Å²) in [5.74, 6) is 0.498. The van der Waals surface area contributed by atoms with E-state index in [1.807, 2.05) is 6.07 Å². The highest BCUT2D eigenvalue weighted by atomic mass is 16.3. The summed E-state index contributed by atoms with van der Waals surface area (Å²) in [6, 6.07) is 6.66. The van der Waals surface area contributed by atoms with Gasteiger partial charge in [0, 0.05) is 17.7 Å². The molecule has 0 saturated heterocycles. The lowest BCUT2D eigenvalue weighted by Gasteiger charge is -2.05. The third-order valence-corrected chi connectivity index (χ3v) is 3.16. The Labute approximate surface area is 104 Å². The van der Waals surface area contributed by atoms with Crippen LogP contribution in [0, 0.1) is 5.92 Å². The number of carbonyl (C=O) groups excluding carboxylic acids is 1. The standard InChI is InChI=1S/C14H13NO3/c16-12-5-6-18-14-4-3-10(7-11(12)14)15-8-13(17)9-1-2-9/h3-7,9,15H,1-2,8H2. The smallest absolute Gasteiger partial charge is 0.192 e. The predicted molar refractivity (Wildman–Crippen MR) is 68.7 cm³/mol. The molecule has 1 heterocycles. The molecule has 92 valence electrons. The number of hydrogen-bond acceptors (Lipinski definition) is 4. The molecular formula is C14H13NO3. The first-order valence-corrected chi connectivity index (χ1v) is 6.02. The van der Waals surface area contributed by atoms with Crippen LogP contribution in [0.15, 0.2) is 39.7 Å². The van der Waals surface area contributed by atoms with Gasteiger partial charge in [-0.05, 0) is 31.0 Å². The van der Waals surface area contributed by atoms with Crippen molar-refractivity contribution in [2.45, 2.75) is 12.8 Å². The lowest BCUT2D eigenvalue weighted by molar-refractivity contribution is -0.118. The highest BCUT2D eigenvalue weighted by Gasteiger charge is 2.28. The fourth-order valence-electron chi connectivity index (χ4n) is 1.93. The van der Waals surface area contributed by atoms with Crippen molar-refractivity contribution < 1.29 is 9.21 Å². The van der Waals surface area contributed by atoms with Gasteiger partial charge >= 0.3 is 0 Å². The quantitative estimate of drug-likeness (QED) is 0.894. The maximum absolute atomic E-state index is 11.6. The zero-order chi connectivity index (χ0) is 12.5. The van der Waals surface area contributed by atoms with E-state index in [1.165, 1.54) is 12.3 Å². The molecule has 1 fully saturated rings. The number of carbonyl (C=O) groups is 1. The summed E-state index contributed by atoms with van der Waals surface area (Å²) < 4.78 is 5.23. The topological polar surface area (TPSA) is 59.3 Å². The van der Waals surface area contributed by atoms with Gasteiger partial charge in [0.2, 0.25) is 0 Å². The van der Waals surface area contributed by atoms with Crippen LogP contribution in [0.3, 0.4) is 0 Å². The van der Waals surface area contributed by atoms with Gasteiger partial charge in [-0.3, -0.25) is 9.59 Å². The zero-order valence-electron chi connectivity index (χ0n) is 9.81. The molecule has 1 aromatic carbocycles. The minimum Gasteiger partial charge on any atom is -0.464 e. The van der Waals surface area contributed by atoms with Crippen LogP contribution in [0.25, 0.3) is 11.0 Å². The van der Waals surface area contributed by atoms with Gasteiger partial charge in [0.15, 0.2) is 11.2 Å². The van der Waals surface area contributed by atoms with Gasteiger partial charge in [0.1, 0.15) is 5.58 Å². The number of nitrogens with one attached hydrogen (secondary N) is 1. The average molecular weight is 243 g/mol. The molecule has 0 unspecified atom stereocenters. The van der Waals surface area contributed by atoms with Crippen molar-refractivity contribution in [3.8, 4) is 0 Å². The number of Topliss-reactive ketones (excluding diaryl/α,β-unsaturated/α-hetero) is 1. The van der Waals surface area contributed by atoms with Crippen molar-refractivity contribution in [3.05, 3.63) is 40.8 Å². The van der Waals surface area contributed by atoms with Gasteiger partial charge in [0.05, 0.1) is 18.2 Å². The minimum atomic E-state index is -0.0755. The van der Waals surface area contributed by atoms with E-state index in [1.54, 1.807) is 12.1 Å². The van der Waals surface area contributed by atoms with Gasteiger partial charge in [0.25, 0.3) is 0 Å². The largest absolute Gasteiger partial charge is 0.464 e. The first-order chi connectivity index (χ1) is 8.74. The second-order valence-electron chi connectivity index (χ2n) is 4.59. The zero-order valence-corrected chi connectivity index (χ0v) is 9.81. The Balaban J connectivity index is 1.82. The molecule has 1 N–H and O–H groups in total. The molecule has 0 radical (unpaired) electrons. The van der Waals surface area contributed by atoms with E-state index in [0.717, 1.165) is 18.5 Å². The first kappa shape index (κ1) is 11.0. The van der Waals surface area contributed by atoms with E-state index in [2.05, 4.69) is 5.32 Å². The Morgan fingerprint density at radius 2 is 2.17 bits per heavy atom. The molecule has 1 aliphatic carbocycles. The lowest BCUT2D eigenvalue weighted by atomic mass is 10.2. The van der Waals surface area contributed by atoms with E-state index in [-0.39, 0.29) is 17.1 Å². The van der Waals surface area contributed by atoms with Gasteiger partial charge in [-0.2, -0.15) is 0 Å². The van der Waals surface area contributed by atoms with E-state index in [0.29, 0.717) is 17.5 Å². The molecule has 1 saturated carbocycles. The van der Waals surface area contributed by atoms with Crippen LogP contribution in [0.5, 0.6) is 0 Å². The number of hydrogen-bond donors (Lipinski definition) is 1. The predicted octanol–water partition coefficient (Wildman–Crippen LogP) is 2.18. The normalized spacial score (nSPS) is 14.7. The second-order valence-corrected chi connectivity index (χ2v) is 4.59. The molecule has 0 atom stereocenters. The molecule has 4 nitrogen and oxygen atoms in total. The summed E-state index contributed by atoms with van der Waals surface area (Å²) in [6.07, 6.45) is 3.41. The molecule has 1 aromatic heterocycles. The Morgan fingerprint density at radius 1 is 1.33 bits per heavy atom. The van der Waals surface area contributed by atoms with Crippen LogP contribution in [-0.4, -0.2) is 12.3 Å². The molecule has 1 aliphatic rings. The average Bonchev–Trinajstić information content (AvgIpc) is 3.21. The van der Waals surface area contributed by atoms with E-state index in [9.17, 15) is 9.59 Å². The molecule has 0 bridgehead atoms. The molecule has 2 aromatic rings. The first-order valence-electron chi connectivity index (χ1n) is 6.02. The Kier molecular flexibility index (Phi) is 2.63. The molecular weight excluding hydrogens is 230 g/mol. The summed E-state index contributed by atoms with van der Waals surface area (Å²) in [5.41, 5.74) is 1.25. The summed E-state index contributed by atoms with van der Waals surface area (Å²) >= 11 is 0. The maximum Gasteiger partial charge on any atom is 0.192 e.